The van der Waals surface area contributed by atoms with Gasteiger partial charge in [-0.2, -0.15) is 0 Å². The highest BCUT2D eigenvalue weighted by Gasteiger charge is 2.24. The Labute approximate surface area is 324 Å². The van der Waals surface area contributed by atoms with Gasteiger partial charge < -0.3 is 14.5 Å². The van der Waals surface area contributed by atoms with Gasteiger partial charge in [-0.25, -0.2) is 9.98 Å². The molecule has 3 heterocycles. The van der Waals surface area contributed by atoms with Crippen molar-refractivity contribution in [3.63, 3.8) is 0 Å². The van der Waals surface area contributed by atoms with E-state index in [-0.39, 0.29) is 6.17 Å². The Morgan fingerprint density at radius 3 is 1.77 bits per heavy atom. The summed E-state index contributed by atoms with van der Waals surface area (Å²) in [6.45, 7) is 0. The maximum atomic E-state index is 5.29. The molecule has 0 saturated heterocycles. The number of aliphatic imine (C=N–C) groups is 2. The van der Waals surface area contributed by atoms with Gasteiger partial charge in [-0.1, -0.05) is 164 Å². The minimum absolute atomic E-state index is 0.300. The van der Waals surface area contributed by atoms with Crippen LogP contribution in [-0.4, -0.2) is 20.8 Å². The van der Waals surface area contributed by atoms with Crippen molar-refractivity contribution >= 4 is 55.3 Å². The van der Waals surface area contributed by atoms with Gasteiger partial charge in [-0.05, 0) is 47.5 Å². The Morgan fingerprint density at radius 2 is 1.00 bits per heavy atom. The minimum Gasteiger partial charge on any atom is -0.344 e. The lowest BCUT2D eigenvalue weighted by atomic mass is 10.0. The molecule has 0 fully saturated rings. The summed E-state index contributed by atoms with van der Waals surface area (Å²) in [7, 11) is 0. The molecular weight excluding hydrogens is 683 g/mol. The average Bonchev–Trinajstić information content (AvgIpc) is 3.80. The van der Waals surface area contributed by atoms with Crippen LogP contribution in [0.1, 0.15) is 22.9 Å². The van der Waals surface area contributed by atoms with Crippen LogP contribution < -0.4 is 5.32 Å². The van der Waals surface area contributed by atoms with Gasteiger partial charge in [-0.3, -0.25) is 0 Å². The van der Waals surface area contributed by atoms with E-state index in [1.54, 1.807) is 0 Å². The lowest BCUT2D eigenvalue weighted by Gasteiger charge is -2.24. The van der Waals surface area contributed by atoms with E-state index in [9.17, 15) is 0 Å². The molecular formula is C51H35N5. The predicted molar refractivity (Wildman–Crippen MR) is 232 cm³/mol. The van der Waals surface area contributed by atoms with Gasteiger partial charge in [0.1, 0.15) is 12.0 Å². The molecule has 0 aliphatic carbocycles. The first kappa shape index (κ1) is 32.0. The number of rotatable bonds is 6. The van der Waals surface area contributed by atoms with Gasteiger partial charge in [-0.15, -0.1) is 0 Å². The van der Waals surface area contributed by atoms with Crippen LogP contribution in [0.3, 0.4) is 0 Å². The highest BCUT2D eigenvalue weighted by molar-refractivity contribution is 6.17. The molecule has 0 saturated carbocycles. The maximum Gasteiger partial charge on any atom is 0.161 e. The number of hydrogen-bond acceptors (Lipinski definition) is 3. The standard InChI is InChI=1S/C51H35N5/c1-4-17-34(18-5-1)38-26-16-27-42-40-24-11-13-28-44(40)55(48(38)42)37-31-32-41-39-23-10-14-29-45(39)56(47(41)33-37)46-30-15-12-25-43(46)51-53-49(35-19-6-2-7-20-35)52-50(54-51)36-21-8-3-9-22-36/h1-33,49H,(H,52,53,54). The van der Waals surface area contributed by atoms with Gasteiger partial charge >= 0.3 is 0 Å². The van der Waals surface area contributed by atoms with Crippen molar-refractivity contribution in [3.8, 4) is 22.5 Å². The third kappa shape index (κ3) is 5.17. The normalized spacial score (nSPS) is 14.2. The molecule has 11 rings (SSSR count). The molecule has 264 valence electrons. The predicted octanol–water partition coefficient (Wildman–Crippen LogP) is 12.0. The third-order valence-electron chi connectivity index (χ3n) is 11.0. The van der Waals surface area contributed by atoms with Crippen molar-refractivity contribution in [1.82, 2.24) is 14.5 Å². The van der Waals surface area contributed by atoms with Gasteiger partial charge in [0, 0.05) is 43.9 Å². The van der Waals surface area contributed by atoms with Crippen LogP contribution in [0.2, 0.25) is 0 Å². The quantitative estimate of drug-likeness (QED) is 0.183. The first-order valence-electron chi connectivity index (χ1n) is 19.0. The van der Waals surface area contributed by atoms with Crippen LogP contribution in [-0.2, 0) is 0 Å². The van der Waals surface area contributed by atoms with Gasteiger partial charge in [0.25, 0.3) is 0 Å². The second-order valence-electron chi connectivity index (χ2n) is 14.2. The summed E-state index contributed by atoms with van der Waals surface area (Å²) in [6, 6.07) is 71.0. The smallest absolute Gasteiger partial charge is 0.161 e. The summed E-state index contributed by atoms with van der Waals surface area (Å²) in [6.07, 6.45) is -0.300. The molecule has 8 aromatic carbocycles. The molecule has 1 atom stereocenters. The number of hydrogen-bond donors (Lipinski definition) is 1. The molecule has 0 radical (unpaired) electrons. The van der Waals surface area contributed by atoms with Crippen molar-refractivity contribution in [3.05, 3.63) is 217 Å². The van der Waals surface area contributed by atoms with E-state index in [2.05, 4.69) is 190 Å². The third-order valence-corrected chi connectivity index (χ3v) is 11.0. The molecule has 5 nitrogen and oxygen atoms in total. The Morgan fingerprint density at radius 1 is 0.429 bits per heavy atom. The highest BCUT2D eigenvalue weighted by atomic mass is 15.2. The zero-order valence-corrected chi connectivity index (χ0v) is 30.4. The summed E-state index contributed by atoms with van der Waals surface area (Å²) >= 11 is 0. The number of fused-ring (bicyclic) bond motifs is 6. The number of amidine groups is 2. The number of nitrogens with zero attached hydrogens (tertiary/aromatic N) is 4. The van der Waals surface area contributed by atoms with Crippen molar-refractivity contribution in [2.45, 2.75) is 6.17 Å². The van der Waals surface area contributed by atoms with E-state index in [0.717, 1.165) is 44.9 Å². The Hall–Kier alpha value is -7.50. The van der Waals surface area contributed by atoms with Crippen molar-refractivity contribution in [2.24, 2.45) is 9.98 Å². The average molecular weight is 718 g/mol. The van der Waals surface area contributed by atoms with Gasteiger partial charge in [0.15, 0.2) is 5.84 Å². The summed E-state index contributed by atoms with van der Waals surface area (Å²) in [5, 5.41) is 8.47. The molecule has 1 unspecified atom stereocenters. The fourth-order valence-electron chi connectivity index (χ4n) is 8.47. The second-order valence-corrected chi connectivity index (χ2v) is 14.2. The molecule has 1 aliphatic heterocycles. The highest BCUT2D eigenvalue weighted by Crippen LogP contribution is 2.40. The molecule has 10 aromatic rings. The van der Waals surface area contributed by atoms with Crippen molar-refractivity contribution in [2.75, 3.05) is 0 Å². The molecule has 0 spiro atoms. The molecule has 5 heteroatoms. The Balaban J connectivity index is 1.17. The minimum atomic E-state index is -0.300. The number of benzene rings is 8. The van der Waals surface area contributed by atoms with E-state index >= 15 is 0 Å². The molecule has 1 aliphatic rings. The van der Waals surface area contributed by atoms with Gasteiger partial charge in [0.2, 0.25) is 0 Å². The summed E-state index contributed by atoms with van der Waals surface area (Å²) in [4.78, 5) is 10.5. The van der Waals surface area contributed by atoms with E-state index in [1.165, 1.54) is 43.7 Å². The molecule has 0 bridgehead atoms. The summed E-state index contributed by atoms with van der Waals surface area (Å²) in [5.41, 5.74) is 12.2. The monoisotopic (exact) mass is 717 g/mol. The van der Waals surface area contributed by atoms with E-state index in [1.807, 2.05) is 24.3 Å². The first-order chi connectivity index (χ1) is 27.8. The van der Waals surface area contributed by atoms with Crippen LogP contribution in [0, 0.1) is 0 Å². The molecule has 56 heavy (non-hydrogen) atoms. The van der Waals surface area contributed by atoms with E-state index in [0.29, 0.717) is 5.84 Å². The summed E-state index contributed by atoms with van der Waals surface area (Å²) < 4.78 is 4.84. The van der Waals surface area contributed by atoms with Crippen molar-refractivity contribution in [1.29, 1.82) is 0 Å². The molecule has 1 N–H and O–H groups in total. The fourth-order valence-corrected chi connectivity index (χ4v) is 8.47. The van der Waals surface area contributed by atoms with Crippen LogP contribution in [0.4, 0.5) is 0 Å². The zero-order chi connectivity index (χ0) is 37.0. The molecule has 2 aromatic heterocycles. The SMILES string of the molecule is c1ccc(C2=NC(c3ccccc3-n3c4ccccc4c4ccc(-n5c6ccccc6c6cccc(-c7ccccc7)c65)cc43)=NC(c3ccccc3)N2)cc1. The van der Waals surface area contributed by atoms with Crippen LogP contribution in [0.5, 0.6) is 0 Å². The Kier molecular flexibility index (Phi) is 7.49. The summed E-state index contributed by atoms with van der Waals surface area (Å²) in [5.74, 6) is 1.48. The molecule has 0 amide bonds. The van der Waals surface area contributed by atoms with Crippen LogP contribution >= 0.6 is 0 Å². The van der Waals surface area contributed by atoms with Gasteiger partial charge in [0.05, 0.1) is 27.8 Å². The Bertz CT molecular complexity index is 3150. The fraction of sp³-hybridized carbons (Fsp3) is 0.0196. The maximum absolute atomic E-state index is 5.29. The number of nitrogens with one attached hydrogen (secondary N) is 1. The number of aromatic nitrogens is 2. The van der Waals surface area contributed by atoms with Crippen LogP contribution in [0.15, 0.2) is 210 Å². The lowest BCUT2D eigenvalue weighted by Crippen LogP contribution is -2.33. The topological polar surface area (TPSA) is 46.6 Å². The van der Waals surface area contributed by atoms with E-state index in [4.69, 9.17) is 9.98 Å². The van der Waals surface area contributed by atoms with E-state index < -0.39 is 0 Å². The van der Waals surface area contributed by atoms with Crippen LogP contribution in [0.25, 0.3) is 66.1 Å². The van der Waals surface area contributed by atoms with Crippen molar-refractivity contribution < 1.29 is 0 Å². The lowest BCUT2D eigenvalue weighted by molar-refractivity contribution is 0.674. The first-order valence-corrected chi connectivity index (χ1v) is 19.0. The zero-order valence-electron chi connectivity index (χ0n) is 30.4. The largest absolute Gasteiger partial charge is 0.344 e. The second kappa shape index (κ2) is 13.1. The number of para-hydroxylation sites is 4.